The number of carbonyl (C=O) groups is 1. The second kappa shape index (κ2) is 7.23. The van der Waals surface area contributed by atoms with Crippen LogP contribution in [0.3, 0.4) is 0 Å². The lowest BCUT2D eigenvalue weighted by Crippen LogP contribution is -2.35. The summed E-state index contributed by atoms with van der Waals surface area (Å²) in [5.41, 5.74) is 6.39. The Morgan fingerprint density at radius 2 is 2.05 bits per heavy atom. The highest BCUT2D eigenvalue weighted by Gasteiger charge is 2.11. The van der Waals surface area contributed by atoms with E-state index < -0.39 is 0 Å². The number of rotatable bonds is 7. The van der Waals surface area contributed by atoms with Gasteiger partial charge in [-0.3, -0.25) is 4.79 Å². The molecule has 19 heavy (non-hydrogen) atoms. The minimum atomic E-state index is -0.165. The summed E-state index contributed by atoms with van der Waals surface area (Å²) in [6, 6.07) is 0.0214. The van der Waals surface area contributed by atoms with Crippen molar-refractivity contribution in [3.8, 4) is 0 Å². The Hall–Kier alpha value is -1.43. The fourth-order valence-electron chi connectivity index (χ4n) is 1.72. The zero-order chi connectivity index (χ0) is 14.4. The van der Waals surface area contributed by atoms with Gasteiger partial charge >= 0.3 is 0 Å². The molecule has 0 aliphatic carbocycles. The largest absolute Gasteiger partial charge is 0.352 e. The Morgan fingerprint density at radius 1 is 1.37 bits per heavy atom. The van der Waals surface area contributed by atoms with Crippen LogP contribution in [0.2, 0.25) is 0 Å². The van der Waals surface area contributed by atoms with Gasteiger partial charge in [-0.15, -0.1) is 5.10 Å². The van der Waals surface area contributed by atoms with E-state index in [2.05, 4.69) is 29.5 Å². The van der Waals surface area contributed by atoms with Crippen LogP contribution in [-0.4, -0.2) is 26.9 Å². The second-order valence-electron chi connectivity index (χ2n) is 5.57. The molecule has 0 aliphatic rings. The van der Waals surface area contributed by atoms with Crippen LogP contribution in [0.15, 0.2) is 6.20 Å². The lowest BCUT2D eigenvalue weighted by Gasteiger charge is -2.14. The van der Waals surface area contributed by atoms with Gasteiger partial charge < -0.3 is 11.1 Å². The standard InChI is InChI=1S/C13H25N5O/c1-9(2)5-6-10(3)15-13(19)8-18-7-12(11(4)14)16-17-18/h7,9-11H,5-6,8,14H2,1-4H3,(H,15,19). The maximum Gasteiger partial charge on any atom is 0.242 e. The molecule has 0 saturated heterocycles. The summed E-state index contributed by atoms with van der Waals surface area (Å²) >= 11 is 0. The third-order valence-electron chi connectivity index (χ3n) is 2.91. The van der Waals surface area contributed by atoms with Gasteiger partial charge in [-0.05, 0) is 32.6 Å². The summed E-state index contributed by atoms with van der Waals surface area (Å²) < 4.78 is 1.52. The highest BCUT2D eigenvalue weighted by molar-refractivity contribution is 5.75. The highest BCUT2D eigenvalue weighted by atomic mass is 16.2. The van der Waals surface area contributed by atoms with Crippen LogP contribution >= 0.6 is 0 Å². The Balaban J connectivity index is 2.37. The zero-order valence-electron chi connectivity index (χ0n) is 12.3. The Morgan fingerprint density at radius 3 is 2.58 bits per heavy atom. The van der Waals surface area contributed by atoms with Crippen molar-refractivity contribution in [1.82, 2.24) is 20.3 Å². The fraction of sp³-hybridized carbons (Fsp3) is 0.769. The average Bonchev–Trinajstić information content (AvgIpc) is 2.74. The maximum atomic E-state index is 11.8. The maximum absolute atomic E-state index is 11.8. The van der Waals surface area contributed by atoms with E-state index in [9.17, 15) is 4.79 Å². The molecule has 1 aromatic heterocycles. The van der Waals surface area contributed by atoms with Gasteiger partial charge in [0.15, 0.2) is 0 Å². The second-order valence-corrected chi connectivity index (χ2v) is 5.57. The first-order chi connectivity index (χ1) is 8.88. The fourth-order valence-corrected chi connectivity index (χ4v) is 1.72. The van der Waals surface area contributed by atoms with Gasteiger partial charge in [-0.25, -0.2) is 4.68 Å². The number of amides is 1. The monoisotopic (exact) mass is 267 g/mol. The third-order valence-corrected chi connectivity index (χ3v) is 2.91. The van der Waals surface area contributed by atoms with E-state index in [1.165, 1.54) is 4.68 Å². The van der Waals surface area contributed by atoms with Crippen molar-refractivity contribution in [3.05, 3.63) is 11.9 Å². The predicted molar refractivity (Wildman–Crippen MR) is 74.3 cm³/mol. The minimum absolute atomic E-state index is 0.0441. The van der Waals surface area contributed by atoms with E-state index in [-0.39, 0.29) is 24.5 Å². The van der Waals surface area contributed by atoms with Crippen molar-refractivity contribution in [1.29, 1.82) is 0 Å². The van der Waals surface area contributed by atoms with Gasteiger partial charge in [0.25, 0.3) is 0 Å². The van der Waals surface area contributed by atoms with Crippen LogP contribution in [-0.2, 0) is 11.3 Å². The topological polar surface area (TPSA) is 85.8 Å². The Labute approximate surface area is 114 Å². The normalized spacial score (nSPS) is 14.4. The molecule has 0 radical (unpaired) electrons. The number of hydrogen-bond donors (Lipinski definition) is 2. The van der Waals surface area contributed by atoms with Gasteiger partial charge in [-0.1, -0.05) is 19.1 Å². The molecule has 1 heterocycles. The number of nitrogens with one attached hydrogen (secondary N) is 1. The van der Waals surface area contributed by atoms with E-state index in [0.717, 1.165) is 12.8 Å². The molecule has 0 aromatic carbocycles. The molecular formula is C13H25N5O. The lowest BCUT2D eigenvalue weighted by molar-refractivity contribution is -0.122. The molecule has 1 rings (SSSR count). The number of carbonyl (C=O) groups excluding carboxylic acids is 1. The van der Waals surface area contributed by atoms with Crippen LogP contribution < -0.4 is 11.1 Å². The van der Waals surface area contributed by atoms with Gasteiger partial charge in [-0.2, -0.15) is 0 Å². The van der Waals surface area contributed by atoms with Crippen molar-refractivity contribution in [2.75, 3.05) is 0 Å². The Bertz CT molecular complexity index is 399. The van der Waals surface area contributed by atoms with Gasteiger partial charge in [0.2, 0.25) is 5.91 Å². The lowest BCUT2D eigenvalue weighted by atomic mass is 10.0. The number of aromatic nitrogens is 3. The SMILES string of the molecule is CC(C)CCC(C)NC(=O)Cn1cc(C(C)N)nn1. The van der Waals surface area contributed by atoms with Crippen LogP contribution in [0.1, 0.15) is 52.3 Å². The molecule has 6 heteroatoms. The first-order valence-corrected chi connectivity index (χ1v) is 6.83. The van der Waals surface area contributed by atoms with Gasteiger partial charge in [0.05, 0.1) is 11.9 Å². The molecule has 1 aromatic rings. The van der Waals surface area contributed by atoms with Crippen LogP contribution in [0.5, 0.6) is 0 Å². The summed E-state index contributed by atoms with van der Waals surface area (Å²) in [5, 5.41) is 10.8. The first-order valence-electron chi connectivity index (χ1n) is 6.83. The molecule has 0 aliphatic heterocycles. The molecule has 3 N–H and O–H groups in total. The molecule has 1 amide bonds. The van der Waals surface area contributed by atoms with E-state index in [4.69, 9.17) is 5.73 Å². The molecule has 0 bridgehead atoms. The summed E-state index contributed by atoms with van der Waals surface area (Å²) in [4.78, 5) is 11.8. The zero-order valence-corrected chi connectivity index (χ0v) is 12.3. The van der Waals surface area contributed by atoms with Crippen molar-refractivity contribution in [3.63, 3.8) is 0 Å². The molecular weight excluding hydrogens is 242 g/mol. The average molecular weight is 267 g/mol. The molecule has 0 saturated carbocycles. The van der Waals surface area contributed by atoms with Gasteiger partial charge in [0, 0.05) is 12.1 Å². The van der Waals surface area contributed by atoms with E-state index in [1.54, 1.807) is 6.20 Å². The molecule has 0 fully saturated rings. The van der Waals surface area contributed by atoms with Crippen LogP contribution in [0.4, 0.5) is 0 Å². The molecule has 0 spiro atoms. The molecule has 6 nitrogen and oxygen atoms in total. The first kappa shape index (κ1) is 15.6. The summed E-state index contributed by atoms with van der Waals surface area (Å²) in [5.74, 6) is 0.612. The van der Waals surface area contributed by atoms with Crippen LogP contribution in [0.25, 0.3) is 0 Å². The van der Waals surface area contributed by atoms with E-state index in [1.807, 2.05) is 13.8 Å². The number of nitrogens with zero attached hydrogens (tertiary/aromatic N) is 3. The summed E-state index contributed by atoms with van der Waals surface area (Å²) in [6.45, 7) is 8.40. The summed E-state index contributed by atoms with van der Waals surface area (Å²) in [6.07, 6.45) is 3.81. The quantitative estimate of drug-likeness (QED) is 0.778. The Kier molecular flexibility index (Phi) is 5.95. The van der Waals surface area contributed by atoms with Crippen molar-refractivity contribution < 1.29 is 4.79 Å². The number of nitrogens with two attached hydrogens (primary N) is 1. The smallest absolute Gasteiger partial charge is 0.242 e. The highest BCUT2D eigenvalue weighted by Crippen LogP contribution is 2.06. The molecule has 2 unspecified atom stereocenters. The predicted octanol–water partition coefficient (Wildman–Crippen LogP) is 1.24. The van der Waals surface area contributed by atoms with Crippen molar-refractivity contribution in [2.45, 2.75) is 59.2 Å². The van der Waals surface area contributed by atoms with Crippen molar-refractivity contribution >= 4 is 5.91 Å². The van der Waals surface area contributed by atoms with E-state index >= 15 is 0 Å². The summed E-state index contributed by atoms with van der Waals surface area (Å²) in [7, 11) is 0. The molecule has 108 valence electrons. The van der Waals surface area contributed by atoms with Crippen LogP contribution in [0, 0.1) is 5.92 Å². The molecule has 2 atom stereocenters. The third kappa shape index (κ3) is 5.83. The number of hydrogen-bond acceptors (Lipinski definition) is 4. The van der Waals surface area contributed by atoms with Gasteiger partial charge in [0.1, 0.15) is 6.54 Å². The van der Waals surface area contributed by atoms with Crippen molar-refractivity contribution in [2.24, 2.45) is 11.7 Å². The minimum Gasteiger partial charge on any atom is -0.352 e. The van der Waals surface area contributed by atoms with E-state index in [0.29, 0.717) is 11.6 Å².